The fraction of sp³-hybridized carbons (Fsp3) is 0.412. The first-order valence-corrected chi connectivity index (χ1v) is 16.4. The summed E-state index contributed by atoms with van der Waals surface area (Å²) in [4.78, 5) is 29.2. The van der Waals surface area contributed by atoms with Gasteiger partial charge in [-0.15, -0.1) is 0 Å². The summed E-state index contributed by atoms with van der Waals surface area (Å²) in [6.07, 6.45) is 1.98. The van der Waals surface area contributed by atoms with Gasteiger partial charge in [0.15, 0.2) is 0 Å². The monoisotopic (exact) mass is 591 g/mol. The lowest BCUT2D eigenvalue weighted by Gasteiger charge is -2.32. The highest BCUT2D eigenvalue weighted by atomic mass is 32.2. The molecule has 1 atom stereocenters. The van der Waals surface area contributed by atoms with Crippen LogP contribution in [-0.2, 0) is 32.6 Å². The van der Waals surface area contributed by atoms with Crippen molar-refractivity contribution in [3.63, 3.8) is 0 Å². The Morgan fingerprint density at radius 3 is 2.12 bits per heavy atom. The summed E-state index contributed by atoms with van der Waals surface area (Å²) >= 11 is 0. The summed E-state index contributed by atoms with van der Waals surface area (Å²) < 4.78 is 26.8. The van der Waals surface area contributed by atoms with E-state index in [1.807, 2.05) is 101 Å². The first-order chi connectivity index (χ1) is 19.8. The molecule has 8 heteroatoms. The van der Waals surface area contributed by atoms with Gasteiger partial charge < -0.3 is 10.2 Å². The molecule has 1 unspecified atom stereocenters. The average Bonchev–Trinajstić information content (AvgIpc) is 2.94. The van der Waals surface area contributed by atoms with Gasteiger partial charge in [0.2, 0.25) is 21.8 Å². The molecule has 3 aromatic rings. The number of carbonyl (C=O) groups excluding carboxylic acids is 2. The minimum atomic E-state index is -3.56. The molecule has 42 heavy (non-hydrogen) atoms. The molecule has 0 aromatic heterocycles. The molecule has 7 nitrogen and oxygen atoms in total. The molecule has 0 saturated carbocycles. The van der Waals surface area contributed by atoms with Crippen LogP contribution in [0.15, 0.2) is 72.8 Å². The van der Waals surface area contributed by atoms with Gasteiger partial charge in [-0.3, -0.25) is 13.9 Å². The van der Waals surface area contributed by atoms with Gasteiger partial charge in [-0.05, 0) is 67.5 Å². The van der Waals surface area contributed by atoms with Crippen LogP contribution in [0, 0.1) is 26.7 Å². The van der Waals surface area contributed by atoms with Gasteiger partial charge in [0.1, 0.15) is 6.04 Å². The molecule has 0 fully saturated rings. The second kappa shape index (κ2) is 15.0. The predicted octanol–water partition coefficient (Wildman–Crippen LogP) is 5.57. The Kier molecular flexibility index (Phi) is 11.7. The van der Waals surface area contributed by atoms with Crippen molar-refractivity contribution in [1.82, 2.24) is 10.2 Å². The quantitative estimate of drug-likeness (QED) is 0.266. The molecule has 0 bridgehead atoms. The predicted molar refractivity (Wildman–Crippen MR) is 171 cm³/mol. The fourth-order valence-electron chi connectivity index (χ4n) is 4.75. The normalized spacial score (nSPS) is 12.2. The van der Waals surface area contributed by atoms with Crippen LogP contribution >= 0.6 is 0 Å². The number of anilines is 1. The molecule has 226 valence electrons. The molecule has 1 N–H and O–H groups in total. The van der Waals surface area contributed by atoms with E-state index in [4.69, 9.17) is 0 Å². The molecule has 3 rings (SSSR count). The SMILES string of the molecule is Cc1ccc(CN(C(=O)CCCN(c2ccc(C)c(C)c2)S(C)(=O)=O)C(Cc2ccccc2)C(=O)NCC(C)C)cc1. The average molecular weight is 592 g/mol. The highest BCUT2D eigenvalue weighted by Gasteiger charge is 2.30. The van der Waals surface area contributed by atoms with Gasteiger partial charge in [0, 0.05) is 32.5 Å². The number of sulfonamides is 1. The van der Waals surface area contributed by atoms with Crippen LogP contribution in [0.3, 0.4) is 0 Å². The number of rotatable bonds is 14. The molecule has 3 aromatic carbocycles. The molecule has 0 spiro atoms. The maximum absolute atomic E-state index is 13.9. The molecule has 0 radical (unpaired) electrons. The second-order valence-electron chi connectivity index (χ2n) is 11.6. The van der Waals surface area contributed by atoms with Crippen molar-refractivity contribution in [1.29, 1.82) is 0 Å². The van der Waals surface area contributed by atoms with Crippen LogP contribution in [-0.4, -0.2) is 50.5 Å². The number of carbonyl (C=O) groups is 2. The Labute approximate surface area is 252 Å². The van der Waals surface area contributed by atoms with Gasteiger partial charge in [0.05, 0.1) is 11.9 Å². The summed E-state index contributed by atoms with van der Waals surface area (Å²) in [5.41, 5.74) is 5.66. The van der Waals surface area contributed by atoms with Crippen LogP contribution in [0.4, 0.5) is 5.69 Å². The van der Waals surface area contributed by atoms with Gasteiger partial charge in [-0.1, -0.05) is 80.1 Å². The van der Waals surface area contributed by atoms with Crippen molar-refractivity contribution in [2.75, 3.05) is 23.7 Å². The molecule has 2 amide bonds. The molecule has 0 aliphatic carbocycles. The molecular weight excluding hydrogens is 546 g/mol. The van der Waals surface area contributed by atoms with Crippen LogP contribution in [0.25, 0.3) is 0 Å². The number of aryl methyl sites for hydroxylation is 3. The van der Waals surface area contributed by atoms with Gasteiger partial charge in [-0.25, -0.2) is 8.42 Å². The van der Waals surface area contributed by atoms with Crippen molar-refractivity contribution in [2.45, 2.75) is 66.5 Å². The van der Waals surface area contributed by atoms with Crippen molar-refractivity contribution in [3.05, 3.63) is 101 Å². The van der Waals surface area contributed by atoms with E-state index in [1.54, 1.807) is 11.0 Å². The third-order valence-electron chi connectivity index (χ3n) is 7.36. The standard InChI is InChI=1S/C34H45N3O4S/c1-25(2)23-35-34(39)32(22-29-11-8-7-9-12-29)36(24-30-17-14-26(3)15-18-30)33(38)13-10-20-37(42(6,40)41)31-19-16-27(4)28(5)21-31/h7-9,11-12,14-19,21,25,32H,10,13,20,22-24H2,1-6H3,(H,35,39). The zero-order valence-electron chi connectivity index (χ0n) is 25.8. The van der Waals surface area contributed by atoms with Crippen molar-refractivity contribution in [2.24, 2.45) is 5.92 Å². The second-order valence-corrected chi connectivity index (χ2v) is 13.5. The van der Waals surface area contributed by atoms with Crippen molar-refractivity contribution >= 4 is 27.5 Å². The zero-order chi connectivity index (χ0) is 30.9. The summed E-state index contributed by atoms with van der Waals surface area (Å²) in [5.74, 6) is -0.120. The number of nitrogens with zero attached hydrogens (tertiary/aromatic N) is 2. The number of amides is 2. The van der Waals surface area contributed by atoms with Crippen LogP contribution in [0.1, 0.15) is 54.5 Å². The van der Waals surface area contributed by atoms with Crippen LogP contribution in [0.2, 0.25) is 0 Å². The third kappa shape index (κ3) is 9.72. The summed E-state index contributed by atoms with van der Waals surface area (Å²) in [5, 5.41) is 3.04. The van der Waals surface area contributed by atoms with E-state index < -0.39 is 16.1 Å². The van der Waals surface area contributed by atoms with Crippen LogP contribution in [0.5, 0.6) is 0 Å². The number of benzene rings is 3. The highest BCUT2D eigenvalue weighted by Crippen LogP contribution is 2.23. The van der Waals surface area contributed by atoms with Gasteiger partial charge in [0.25, 0.3) is 0 Å². The maximum atomic E-state index is 13.9. The lowest BCUT2D eigenvalue weighted by atomic mass is 10.0. The molecule has 0 heterocycles. The van der Waals surface area contributed by atoms with Gasteiger partial charge >= 0.3 is 0 Å². The fourth-order valence-corrected chi connectivity index (χ4v) is 5.71. The zero-order valence-corrected chi connectivity index (χ0v) is 26.6. The molecule has 0 aliphatic heterocycles. The first-order valence-electron chi connectivity index (χ1n) is 14.6. The molecular formula is C34H45N3O4S. The van der Waals surface area contributed by atoms with E-state index in [9.17, 15) is 18.0 Å². The summed E-state index contributed by atoms with van der Waals surface area (Å²) in [7, 11) is -3.56. The summed E-state index contributed by atoms with van der Waals surface area (Å²) in [6, 6.07) is 22.5. The maximum Gasteiger partial charge on any atom is 0.243 e. The number of nitrogens with one attached hydrogen (secondary N) is 1. The number of hydrogen-bond acceptors (Lipinski definition) is 4. The first kappa shape index (κ1) is 32.9. The topological polar surface area (TPSA) is 86.8 Å². The van der Waals surface area contributed by atoms with E-state index in [0.29, 0.717) is 25.1 Å². The Balaban J connectivity index is 1.88. The van der Waals surface area contributed by atoms with Crippen molar-refractivity contribution < 1.29 is 18.0 Å². The van der Waals surface area contributed by atoms with Crippen LogP contribution < -0.4 is 9.62 Å². The third-order valence-corrected chi connectivity index (χ3v) is 8.55. The largest absolute Gasteiger partial charge is 0.354 e. The molecule has 0 aliphatic rings. The highest BCUT2D eigenvalue weighted by molar-refractivity contribution is 7.92. The van der Waals surface area contributed by atoms with E-state index >= 15 is 0 Å². The van der Waals surface area contributed by atoms with Crippen molar-refractivity contribution in [3.8, 4) is 0 Å². The summed E-state index contributed by atoms with van der Waals surface area (Å²) in [6.45, 7) is 10.9. The Bertz CT molecular complexity index is 1440. The van der Waals surface area contributed by atoms with Gasteiger partial charge in [-0.2, -0.15) is 0 Å². The minimum Gasteiger partial charge on any atom is -0.354 e. The van der Waals surface area contributed by atoms with E-state index in [-0.39, 0.29) is 37.2 Å². The van der Waals surface area contributed by atoms with E-state index in [2.05, 4.69) is 5.32 Å². The Hall–Kier alpha value is -3.65. The Morgan fingerprint density at radius 2 is 1.52 bits per heavy atom. The molecule has 0 saturated heterocycles. The smallest absolute Gasteiger partial charge is 0.243 e. The Morgan fingerprint density at radius 1 is 0.857 bits per heavy atom. The lowest BCUT2D eigenvalue weighted by molar-refractivity contribution is -0.141. The van der Waals surface area contributed by atoms with E-state index in [1.165, 1.54) is 10.6 Å². The lowest BCUT2D eigenvalue weighted by Crippen LogP contribution is -2.51. The number of hydrogen-bond donors (Lipinski definition) is 1. The van der Waals surface area contributed by atoms with E-state index in [0.717, 1.165) is 27.8 Å². The minimum absolute atomic E-state index is 0.103.